The van der Waals surface area contributed by atoms with E-state index in [1.54, 1.807) is 19.2 Å². The van der Waals surface area contributed by atoms with Crippen molar-refractivity contribution in [3.63, 3.8) is 0 Å². The number of ether oxygens (including phenoxy) is 2. The third kappa shape index (κ3) is 6.38. The van der Waals surface area contributed by atoms with Gasteiger partial charge < -0.3 is 24.4 Å². The molecular formula is C35H38N4O7S. The Kier molecular flexibility index (Phi) is 8.52. The number of methoxy groups -OCH3 is 1. The Labute approximate surface area is 274 Å². The minimum Gasteiger partial charge on any atom is -0.497 e. The SMILES string of the molecule is COc1cccc(-c2ccc3c(c2)OCCC2(CCN(Cc4cc(-c5ccccc5)no4)CC2)NC(=O)[C@@H]2C[C@@H](O)CN2S3(=O)=O)c1. The Morgan fingerprint density at radius 3 is 2.53 bits per heavy atom. The van der Waals surface area contributed by atoms with Crippen molar-refractivity contribution in [3.8, 4) is 33.9 Å². The summed E-state index contributed by atoms with van der Waals surface area (Å²) >= 11 is 0. The van der Waals surface area contributed by atoms with Gasteiger partial charge >= 0.3 is 0 Å². The Morgan fingerprint density at radius 2 is 1.74 bits per heavy atom. The first-order chi connectivity index (χ1) is 22.7. The van der Waals surface area contributed by atoms with Crippen molar-refractivity contribution >= 4 is 15.9 Å². The van der Waals surface area contributed by atoms with Crippen LogP contribution in [0.1, 0.15) is 31.4 Å². The number of sulfonamides is 1. The van der Waals surface area contributed by atoms with Crippen molar-refractivity contribution in [1.29, 1.82) is 0 Å². The lowest BCUT2D eigenvalue weighted by molar-refractivity contribution is -0.127. The van der Waals surface area contributed by atoms with Crippen LogP contribution in [0.25, 0.3) is 22.4 Å². The van der Waals surface area contributed by atoms with E-state index in [1.165, 1.54) is 6.07 Å². The highest BCUT2D eigenvalue weighted by atomic mass is 32.2. The van der Waals surface area contributed by atoms with Crippen molar-refractivity contribution in [2.24, 2.45) is 0 Å². The summed E-state index contributed by atoms with van der Waals surface area (Å²) in [5.74, 6) is 1.27. The van der Waals surface area contributed by atoms with Crippen LogP contribution in [-0.2, 0) is 21.4 Å². The standard InChI is InChI=1S/C35H38N4O7S/c1-44-28-9-5-8-25(18-28)26-10-11-33-32(19-26)45-17-14-35(36-34(41)31-20-27(40)22-39(31)47(33,42)43)12-15-38(16-13-35)23-29-21-30(37-46-29)24-6-3-2-4-7-24/h2-11,18-19,21,27,31,40H,12-17,20,22-23H2,1H3,(H,36,41)/t27-,31+/m1/s1. The van der Waals surface area contributed by atoms with E-state index >= 15 is 0 Å². The molecule has 0 aliphatic carbocycles. The number of fused-ring (bicyclic) bond motifs is 2. The fraction of sp³-hybridized carbons (Fsp3) is 0.371. The van der Waals surface area contributed by atoms with Crippen molar-refractivity contribution in [2.45, 2.75) is 54.8 Å². The van der Waals surface area contributed by atoms with Gasteiger partial charge in [0.25, 0.3) is 0 Å². The average molecular weight is 659 g/mol. The summed E-state index contributed by atoms with van der Waals surface area (Å²) in [5, 5.41) is 18.1. The number of nitrogens with one attached hydrogen (secondary N) is 1. The Balaban J connectivity index is 1.14. The highest BCUT2D eigenvalue weighted by Gasteiger charge is 2.47. The largest absolute Gasteiger partial charge is 0.497 e. The first-order valence-corrected chi connectivity index (χ1v) is 17.3. The Morgan fingerprint density at radius 1 is 0.979 bits per heavy atom. The number of aromatic nitrogens is 1. The second-order valence-electron chi connectivity index (χ2n) is 12.6. The highest BCUT2D eigenvalue weighted by molar-refractivity contribution is 7.89. The van der Waals surface area contributed by atoms with E-state index in [0.29, 0.717) is 44.6 Å². The van der Waals surface area contributed by atoms with Crippen LogP contribution >= 0.6 is 0 Å². The zero-order valence-electron chi connectivity index (χ0n) is 26.2. The molecule has 4 aromatic rings. The molecule has 4 heterocycles. The molecule has 3 aliphatic heterocycles. The van der Waals surface area contributed by atoms with Gasteiger partial charge in [-0.3, -0.25) is 9.69 Å². The maximum atomic E-state index is 14.1. The summed E-state index contributed by atoms with van der Waals surface area (Å²) in [4.78, 5) is 16.1. The second kappa shape index (κ2) is 12.8. The predicted octanol–water partition coefficient (Wildman–Crippen LogP) is 4.07. The molecule has 0 saturated carbocycles. The van der Waals surface area contributed by atoms with Gasteiger partial charge in [-0.05, 0) is 48.2 Å². The van der Waals surface area contributed by atoms with Gasteiger partial charge in [0.1, 0.15) is 28.1 Å². The van der Waals surface area contributed by atoms with E-state index in [-0.39, 0.29) is 30.2 Å². The topological polar surface area (TPSA) is 134 Å². The number of rotatable bonds is 5. The molecule has 2 fully saturated rings. The summed E-state index contributed by atoms with van der Waals surface area (Å²) in [7, 11) is -2.58. The van der Waals surface area contributed by atoms with Crippen LogP contribution in [0.15, 0.2) is 88.3 Å². The van der Waals surface area contributed by atoms with Gasteiger partial charge in [-0.1, -0.05) is 53.7 Å². The number of aliphatic hydroxyl groups excluding tert-OH is 1. The van der Waals surface area contributed by atoms with Gasteiger partial charge in [-0.2, -0.15) is 4.31 Å². The summed E-state index contributed by atoms with van der Waals surface area (Å²) < 4.78 is 46.6. The zero-order valence-corrected chi connectivity index (χ0v) is 27.0. The predicted molar refractivity (Wildman–Crippen MR) is 174 cm³/mol. The van der Waals surface area contributed by atoms with E-state index < -0.39 is 33.6 Å². The lowest BCUT2D eigenvalue weighted by atomic mass is 9.84. The summed E-state index contributed by atoms with van der Waals surface area (Å²) in [6.07, 6.45) is 0.844. The molecule has 47 heavy (non-hydrogen) atoms. The Bertz CT molecular complexity index is 1850. The van der Waals surface area contributed by atoms with Gasteiger partial charge in [0, 0.05) is 49.6 Å². The van der Waals surface area contributed by atoms with Gasteiger partial charge in [0.05, 0.1) is 26.4 Å². The molecule has 7 rings (SSSR count). The van der Waals surface area contributed by atoms with E-state index in [2.05, 4.69) is 15.4 Å². The number of piperidine rings is 1. The number of carbonyl (C=O) groups is 1. The van der Waals surface area contributed by atoms with Gasteiger partial charge in [-0.15, -0.1) is 0 Å². The molecule has 3 aliphatic rings. The van der Waals surface area contributed by atoms with Crippen LogP contribution in [-0.4, -0.2) is 84.8 Å². The molecule has 2 saturated heterocycles. The smallest absolute Gasteiger partial charge is 0.247 e. The van der Waals surface area contributed by atoms with Crippen molar-refractivity contribution in [2.75, 3.05) is 33.4 Å². The van der Waals surface area contributed by atoms with Crippen LogP contribution in [0.3, 0.4) is 0 Å². The molecule has 2 N–H and O–H groups in total. The number of amides is 1. The number of hydrogen-bond acceptors (Lipinski definition) is 9. The third-order valence-electron chi connectivity index (χ3n) is 9.52. The van der Waals surface area contributed by atoms with Crippen LogP contribution in [0, 0.1) is 0 Å². The number of likely N-dealkylation sites (tertiary alicyclic amines) is 1. The molecule has 246 valence electrons. The molecule has 1 amide bonds. The van der Waals surface area contributed by atoms with Crippen LogP contribution in [0.5, 0.6) is 11.5 Å². The Hall–Kier alpha value is -4.23. The second-order valence-corrected chi connectivity index (χ2v) is 14.4. The molecule has 2 atom stereocenters. The molecule has 0 bridgehead atoms. The van der Waals surface area contributed by atoms with E-state index in [4.69, 9.17) is 14.0 Å². The molecule has 11 nitrogen and oxygen atoms in total. The first-order valence-electron chi connectivity index (χ1n) is 15.9. The van der Waals surface area contributed by atoms with Gasteiger partial charge in [0.15, 0.2) is 5.76 Å². The van der Waals surface area contributed by atoms with E-state index in [0.717, 1.165) is 32.4 Å². The molecule has 1 aromatic heterocycles. The molecular weight excluding hydrogens is 620 g/mol. The molecule has 0 unspecified atom stereocenters. The number of carbonyl (C=O) groups excluding carboxylic acids is 1. The third-order valence-corrected chi connectivity index (χ3v) is 11.4. The average Bonchev–Trinajstić information content (AvgIpc) is 3.73. The monoisotopic (exact) mass is 658 g/mol. The minimum absolute atomic E-state index is 0.0243. The number of nitrogens with zero attached hydrogens (tertiary/aromatic N) is 3. The summed E-state index contributed by atoms with van der Waals surface area (Å²) in [5.41, 5.74) is 2.79. The minimum atomic E-state index is -4.18. The van der Waals surface area contributed by atoms with Gasteiger partial charge in [-0.25, -0.2) is 8.42 Å². The maximum Gasteiger partial charge on any atom is 0.247 e. The number of benzene rings is 3. The summed E-state index contributed by atoms with van der Waals surface area (Å²) in [6.45, 7) is 2.00. The van der Waals surface area contributed by atoms with Crippen LogP contribution < -0.4 is 14.8 Å². The number of hydrogen-bond donors (Lipinski definition) is 2. The van der Waals surface area contributed by atoms with Crippen molar-refractivity contribution in [3.05, 3.63) is 84.6 Å². The molecule has 1 spiro atoms. The number of aliphatic hydroxyl groups is 1. The molecule has 0 radical (unpaired) electrons. The lowest BCUT2D eigenvalue weighted by Crippen LogP contribution is -2.59. The first kappa shape index (κ1) is 31.4. The fourth-order valence-electron chi connectivity index (χ4n) is 6.86. The fourth-order valence-corrected chi connectivity index (χ4v) is 8.61. The zero-order chi connectivity index (χ0) is 32.6. The lowest BCUT2D eigenvalue weighted by Gasteiger charge is -2.42. The summed E-state index contributed by atoms with van der Waals surface area (Å²) in [6, 6.07) is 23.3. The van der Waals surface area contributed by atoms with Gasteiger partial charge in [0.2, 0.25) is 15.9 Å². The molecule has 3 aromatic carbocycles. The molecule has 12 heteroatoms. The highest BCUT2D eigenvalue weighted by Crippen LogP contribution is 2.38. The van der Waals surface area contributed by atoms with Crippen LogP contribution in [0.4, 0.5) is 0 Å². The van der Waals surface area contributed by atoms with Crippen molar-refractivity contribution < 1.29 is 32.3 Å². The normalized spacial score (nSPS) is 22.8. The van der Waals surface area contributed by atoms with Crippen LogP contribution in [0.2, 0.25) is 0 Å². The quantitative estimate of drug-likeness (QED) is 0.326. The van der Waals surface area contributed by atoms with Crippen molar-refractivity contribution in [1.82, 2.24) is 19.7 Å². The van der Waals surface area contributed by atoms with E-state index in [1.807, 2.05) is 60.7 Å². The maximum absolute atomic E-state index is 14.1. The van der Waals surface area contributed by atoms with E-state index in [9.17, 15) is 18.3 Å².